The summed E-state index contributed by atoms with van der Waals surface area (Å²) in [4.78, 5) is 66.8. The highest BCUT2D eigenvalue weighted by molar-refractivity contribution is 8.00. The van der Waals surface area contributed by atoms with Gasteiger partial charge in [-0.25, -0.2) is 0 Å². The number of nitrogens with one attached hydrogen (secondary N) is 1. The minimum atomic E-state index is -1.09. The SMILES string of the molecule is O=C(O)CCN1C(=O)[C@@H]2[C@H]3C[C@@H]([C@@H]2C1=O)[C@@H]1[C@@H](c2cc([N+](=O)[O-])ccc2OCc2ccccc2Cl)c2sc(=O)[nH]c2S[C@H]31. The Labute approximate surface area is 257 Å². The third-order valence-corrected chi connectivity index (χ3v) is 12.2. The first-order chi connectivity index (χ1) is 20.6. The summed E-state index contributed by atoms with van der Waals surface area (Å²) in [5.41, 5.74) is 1.14. The van der Waals surface area contributed by atoms with E-state index in [0.717, 1.165) is 26.7 Å². The Hall–Kier alpha value is -3.68. The molecule has 2 bridgehead atoms. The van der Waals surface area contributed by atoms with Gasteiger partial charge in [-0.3, -0.25) is 34.2 Å². The molecule has 1 saturated heterocycles. The van der Waals surface area contributed by atoms with Gasteiger partial charge in [0.15, 0.2) is 0 Å². The van der Waals surface area contributed by atoms with Crippen LogP contribution in [-0.4, -0.2) is 49.5 Å². The van der Waals surface area contributed by atoms with Crippen molar-refractivity contribution in [3.05, 3.63) is 83.3 Å². The van der Waals surface area contributed by atoms with Crippen molar-refractivity contribution in [2.75, 3.05) is 6.54 Å². The quantitative estimate of drug-likeness (QED) is 0.205. The number of carbonyl (C=O) groups is 3. The molecule has 14 heteroatoms. The molecule has 2 aliphatic heterocycles. The number of hydrogen-bond donors (Lipinski definition) is 2. The Morgan fingerprint density at radius 2 is 1.88 bits per heavy atom. The van der Waals surface area contributed by atoms with E-state index >= 15 is 0 Å². The first-order valence-corrected chi connectivity index (χ1v) is 15.8. The second-order valence-electron chi connectivity index (χ2n) is 11.3. The van der Waals surface area contributed by atoms with Crippen LogP contribution >= 0.6 is 34.7 Å². The molecule has 222 valence electrons. The van der Waals surface area contributed by atoms with Gasteiger partial charge in [-0.2, -0.15) is 0 Å². The minimum absolute atomic E-state index is 0.110. The van der Waals surface area contributed by atoms with E-state index in [0.29, 0.717) is 27.8 Å². The van der Waals surface area contributed by atoms with E-state index in [2.05, 4.69) is 4.98 Å². The molecule has 2 saturated carbocycles. The molecule has 3 heterocycles. The number of carboxylic acid groups (broad SMARTS) is 1. The number of non-ortho nitro benzene ring substituents is 1. The third-order valence-electron chi connectivity index (χ3n) is 9.24. The van der Waals surface area contributed by atoms with Crippen molar-refractivity contribution in [2.24, 2.45) is 29.6 Å². The summed E-state index contributed by atoms with van der Waals surface area (Å²) in [5, 5.41) is 22.1. The van der Waals surface area contributed by atoms with Crippen molar-refractivity contribution in [3.8, 4) is 5.75 Å². The number of carboxylic acids is 1. The van der Waals surface area contributed by atoms with Crippen molar-refractivity contribution in [1.29, 1.82) is 0 Å². The van der Waals surface area contributed by atoms with Gasteiger partial charge in [0.1, 0.15) is 12.4 Å². The third kappa shape index (κ3) is 4.47. The minimum Gasteiger partial charge on any atom is -0.489 e. The molecular weight excluding hydrogens is 618 g/mol. The van der Waals surface area contributed by atoms with Crippen LogP contribution in [0.15, 0.2) is 52.3 Å². The molecule has 3 fully saturated rings. The van der Waals surface area contributed by atoms with Crippen LogP contribution in [0.3, 0.4) is 0 Å². The topological polar surface area (TPSA) is 160 Å². The van der Waals surface area contributed by atoms with Crippen LogP contribution in [0, 0.1) is 39.7 Å². The van der Waals surface area contributed by atoms with Gasteiger partial charge in [-0.05, 0) is 36.3 Å². The maximum absolute atomic E-state index is 13.6. The average molecular weight is 642 g/mol. The van der Waals surface area contributed by atoms with Gasteiger partial charge in [0.2, 0.25) is 11.8 Å². The molecule has 7 rings (SSSR count). The number of thiazole rings is 1. The number of H-pyrrole nitrogens is 1. The molecule has 0 spiro atoms. The summed E-state index contributed by atoms with van der Waals surface area (Å²) in [5.74, 6) is -3.62. The standard InChI is InChI=1S/C29H24ClN3O8S2/c30-17-4-2-1-3-12(17)11-41-18-6-5-13(33(39)40)9-14(18)20-21-15-10-16(24(21)42-26-25(20)43-29(38)31-26)23-22(15)27(36)32(28(23)37)8-7-19(34)35/h1-6,9,15-16,20-24H,7-8,10-11H2,(H,31,38)(H,34,35)/t15-,16-,20-,21-,22+,23-,24-/m1/s1. The van der Waals surface area contributed by atoms with E-state index < -0.39 is 28.6 Å². The first-order valence-electron chi connectivity index (χ1n) is 13.7. The monoisotopic (exact) mass is 641 g/mol. The smallest absolute Gasteiger partial charge is 0.305 e. The summed E-state index contributed by atoms with van der Waals surface area (Å²) < 4.78 is 6.26. The maximum atomic E-state index is 13.6. The van der Waals surface area contributed by atoms with Gasteiger partial charge in [0.25, 0.3) is 5.69 Å². The molecule has 0 unspecified atom stereocenters. The fourth-order valence-electron chi connectivity index (χ4n) is 7.65. The summed E-state index contributed by atoms with van der Waals surface area (Å²) in [6.45, 7) is -0.0600. The van der Waals surface area contributed by atoms with Crippen molar-refractivity contribution in [1.82, 2.24) is 9.88 Å². The lowest BCUT2D eigenvalue weighted by Crippen LogP contribution is -2.42. The molecule has 2 amide bonds. The van der Waals surface area contributed by atoms with Crippen LogP contribution in [-0.2, 0) is 21.0 Å². The van der Waals surface area contributed by atoms with Gasteiger partial charge >= 0.3 is 10.8 Å². The highest BCUT2D eigenvalue weighted by atomic mass is 35.5. The predicted molar refractivity (Wildman–Crippen MR) is 156 cm³/mol. The normalized spacial score (nSPS) is 28.5. The number of aliphatic carboxylic acids is 1. The van der Waals surface area contributed by atoms with Crippen LogP contribution in [0.1, 0.15) is 34.8 Å². The fraction of sp³-hybridized carbons (Fsp3) is 0.379. The molecule has 7 atom stereocenters. The number of hydrogen-bond acceptors (Lipinski definition) is 9. The number of nitro groups is 1. The van der Waals surface area contributed by atoms with Crippen molar-refractivity contribution in [2.45, 2.75) is 35.6 Å². The molecule has 4 aliphatic rings. The van der Waals surface area contributed by atoms with E-state index in [1.807, 2.05) is 12.1 Å². The number of aromatic nitrogens is 1. The maximum Gasteiger partial charge on any atom is 0.305 e. The van der Waals surface area contributed by atoms with Gasteiger partial charge in [0.05, 0.1) is 28.2 Å². The number of halogens is 1. The Kier molecular flexibility index (Phi) is 6.86. The molecule has 2 aromatic carbocycles. The van der Waals surface area contributed by atoms with Gasteiger partial charge in [-0.15, -0.1) is 11.8 Å². The van der Waals surface area contributed by atoms with Crippen LogP contribution < -0.4 is 9.61 Å². The Morgan fingerprint density at radius 1 is 1.14 bits per heavy atom. The van der Waals surface area contributed by atoms with Crippen LogP contribution in [0.5, 0.6) is 5.75 Å². The summed E-state index contributed by atoms with van der Waals surface area (Å²) in [7, 11) is 0. The molecule has 0 radical (unpaired) electrons. The zero-order valence-electron chi connectivity index (χ0n) is 22.3. The summed E-state index contributed by atoms with van der Waals surface area (Å²) in [6, 6.07) is 11.6. The Balaban J connectivity index is 1.31. The number of aromatic amines is 1. The average Bonchev–Trinajstić information content (AvgIpc) is 3.70. The molecule has 1 aromatic heterocycles. The number of fused-ring (bicyclic) bond motifs is 9. The number of likely N-dealkylation sites (tertiary alicyclic amines) is 1. The number of thioether (sulfide) groups is 1. The predicted octanol–water partition coefficient (Wildman–Crippen LogP) is 4.53. The number of nitrogens with zero attached hydrogens (tertiary/aromatic N) is 2. The lowest BCUT2D eigenvalue weighted by atomic mass is 9.68. The molecule has 2 aliphatic carbocycles. The van der Waals surface area contributed by atoms with Crippen molar-refractivity contribution in [3.63, 3.8) is 0 Å². The number of benzene rings is 2. The molecular formula is C29H24ClN3O8S2. The van der Waals surface area contributed by atoms with E-state index in [-0.39, 0.29) is 65.0 Å². The lowest BCUT2D eigenvalue weighted by Gasteiger charge is -2.43. The number of nitro benzene ring substituents is 1. The van der Waals surface area contributed by atoms with E-state index in [9.17, 15) is 29.3 Å². The highest BCUT2D eigenvalue weighted by Gasteiger charge is 2.69. The highest BCUT2D eigenvalue weighted by Crippen LogP contribution is 2.69. The molecule has 3 aromatic rings. The fourth-order valence-corrected chi connectivity index (χ4v) is 10.7. The first kappa shape index (κ1) is 28.1. The number of carbonyl (C=O) groups excluding carboxylic acids is 2. The van der Waals surface area contributed by atoms with Crippen LogP contribution in [0.4, 0.5) is 5.69 Å². The van der Waals surface area contributed by atoms with Gasteiger partial charge in [-0.1, -0.05) is 41.1 Å². The van der Waals surface area contributed by atoms with E-state index in [1.165, 1.54) is 23.9 Å². The zero-order valence-corrected chi connectivity index (χ0v) is 24.7. The van der Waals surface area contributed by atoms with Gasteiger partial charge in [0, 0.05) is 50.9 Å². The molecule has 11 nitrogen and oxygen atoms in total. The van der Waals surface area contributed by atoms with Crippen LogP contribution in [0.25, 0.3) is 0 Å². The number of rotatable bonds is 8. The van der Waals surface area contributed by atoms with Crippen molar-refractivity contribution < 1.29 is 29.2 Å². The second-order valence-corrected chi connectivity index (χ2v) is 13.9. The van der Waals surface area contributed by atoms with Crippen LogP contribution in [0.2, 0.25) is 5.02 Å². The molecule has 2 N–H and O–H groups in total. The zero-order chi connectivity index (χ0) is 30.2. The molecule has 43 heavy (non-hydrogen) atoms. The van der Waals surface area contributed by atoms with Gasteiger partial charge < -0.3 is 14.8 Å². The van der Waals surface area contributed by atoms with E-state index in [1.54, 1.807) is 18.2 Å². The number of amides is 2. The largest absolute Gasteiger partial charge is 0.489 e. The number of imide groups is 1. The van der Waals surface area contributed by atoms with E-state index in [4.69, 9.17) is 21.4 Å². The number of ether oxygens (including phenoxy) is 1. The summed E-state index contributed by atoms with van der Waals surface area (Å²) >= 11 is 8.89. The second kappa shape index (κ2) is 10.5. The summed E-state index contributed by atoms with van der Waals surface area (Å²) in [6.07, 6.45) is 0.303. The lowest BCUT2D eigenvalue weighted by molar-refractivity contribution is -0.385. The Morgan fingerprint density at radius 3 is 2.60 bits per heavy atom. The Bertz CT molecular complexity index is 1760. The van der Waals surface area contributed by atoms with Crippen molar-refractivity contribution >= 4 is 58.2 Å².